The average Bonchev–Trinajstić information content (AvgIpc) is 3.04. The van der Waals surface area contributed by atoms with Gasteiger partial charge in [0.15, 0.2) is 0 Å². The summed E-state index contributed by atoms with van der Waals surface area (Å²) in [6, 6.07) is 11.9. The number of methoxy groups -OCH3 is 1. The first kappa shape index (κ1) is 17.2. The predicted molar refractivity (Wildman–Crippen MR) is 90.6 cm³/mol. The Balaban J connectivity index is 2.12. The number of ether oxygens (including phenoxy) is 1. The Morgan fingerprint density at radius 2 is 2.00 bits per heavy atom. The summed E-state index contributed by atoms with van der Waals surface area (Å²) in [7, 11) is 3.46. The third kappa shape index (κ3) is 4.42. The maximum Gasteiger partial charge on any atom is 0.274 e. The highest BCUT2D eigenvalue weighted by Gasteiger charge is 2.23. The van der Waals surface area contributed by atoms with Crippen LogP contribution >= 0.6 is 0 Å². The second kappa shape index (κ2) is 7.92. The number of amides is 1. The number of rotatable bonds is 7. The zero-order valence-electron chi connectivity index (χ0n) is 14.2. The normalized spacial score (nSPS) is 12.4. The molecule has 5 heteroatoms. The van der Waals surface area contributed by atoms with Gasteiger partial charge in [-0.15, -0.1) is 0 Å². The Morgan fingerprint density at radius 1 is 1.30 bits per heavy atom. The fourth-order valence-electron chi connectivity index (χ4n) is 2.47. The van der Waals surface area contributed by atoms with Crippen LogP contribution in [0, 0.1) is 0 Å². The van der Waals surface area contributed by atoms with Crippen LogP contribution in [0.25, 0.3) is 0 Å². The molecule has 2 rings (SSSR count). The Bertz CT molecular complexity index is 622. The van der Waals surface area contributed by atoms with Crippen LogP contribution in [0.15, 0.2) is 36.4 Å². The van der Waals surface area contributed by atoms with Gasteiger partial charge in [0.2, 0.25) is 0 Å². The van der Waals surface area contributed by atoms with Gasteiger partial charge >= 0.3 is 0 Å². The Labute approximate surface area is 137 Å². The molecule has 0 fully saturated rings. The third-order valence-corrected chi connectivity index (χ3v) is 3.98. The van der Waals surface area contributed by atoms with Crippen molar-refractivity contribution in [1.29, 1.82) is 0 Å². The lowest BCUT2D eigenvalue weighted by Crippen LogP contribution is -2.41. The van der Waals surface area contributed by atoms with Gasteiger partial charge in [0, 0.05) is 19.9 Å². The molecule has 0 radical (unpaired) electrons. The molecule has 1 aromatic heterocycles. The zero-order valence-corrected chi connectivity index (χ0v) is 14.2. The minimum atomic E-state index is -0.0915. The summed E-state index contributed by atoms with van der Waals surface area (Å²) < 4.78 is 5.30. The molecule has 0 spiro atoms. The summed E-state index contributed by atoms with van der Waals surface area (Å²) in [4.78, 5) is 14.4. The summed E-state index contributed by atoms with van der Waals surface area (Å²) in [5, 5.41) is 7.08. The quantitative estimate of drug-likeness (QED) is 0.855. The number of nitrogens with one attached hydrogen (secondary N) is 1. The van der Waals surface area contributed by atoms with Crippen LogP contribution in [0.5, 0.6) is 0 Å². The highest BCUT2D eigenvalue weighted by molar-refractivity contribution is 5.92. The van der Waals surface area contributed by atoms with E-state index in [2.05, 4.69) is 36.2 Å². The molecule has 1 N–H and O–H groups in total. The zero-order chi connectivity index (χ0) is 16.8. The summed E-state index contributed by atoms with van der Waals surface area (Å²) in [5.74, 6) is 0.222. The van der Waals surface area contributed by atoms with Gasteiger partial charge in [-0.25, -0.2) is 0 Å². The molecule has 0 saturated carbocycles. The van der Waals surface area contributed by atoms with E-state index in [0.717, 1.165) is 12.1 Å². The number of hydrogen-bond acceptors (Lipinski definition) is 3. The fraction of sp³-hybridized carbons (Fsp3) is 0.444. The van der Waals surface area contributed by atoms with Crippen molar-refractivity contribution in [2.45, 2.75) is 32.2 Å². The van der Waals surface area contributed by atoms with E-state index < -0.39 is 0 Å². The Hall–Kier alpha value is -2.14. The van der Waals surface area contributed by atoms with Crippen molar-refractivity contribution in [3.05, 3.63) is 53.3 Å². The van der Waals surface area contributed by atoms with Gasteiger partial charge in [0.1, 0.15) is 5.69 Å². The molecule has 0 aliphatic rings. The number of benzene rings is 1. The van der Waals surface area contributed by atoms with Gasteiger partial charge in [0.05, 0.1) is 12.6 Å². The number of nitrogens with zero attached hydrogens (tertiary/aromatic N) is 2. The lowest BCUT2D eigenvalue weighted by Gasteiger charge is -2.27. The molecule has 1 atom stereocenters. The van der Waals surface area contributed by atoms with E-state index in [4.69, 9.17) is 4.74 Å². The highest BCUT2D eigenvalue weighted by atomic mass is 16.5. The van der Waals surface area contributed by atoms with Crippen molar-refractivity contribution in [3.8, 4) is 0 Å². The number of aromatic amines is 1. The minimum Gasteiger partial charge on any atom is -0.383 e. The fourth-order valence-corrected chi connectivity index (χ4v) is 2.47. The molecule has 1 amide bonds. The van der Waals surface area contributed by atoms with Crippen LogP contribution in [-0.4, -0.2) is 47.8 Å². The highest BCUT2D eigenvalue weighted by Crippen LogP contribution is 2.15. The van der Waals surface area contributed by atoms with Crippen molar-refractivity contribution >= 4 is 5.91 Å². The first-order valence-electron chi connectivity index (χ1n) is 7.88. The second-order valence-electron chi connectivity index (χ2n) is 6.08. The van der Waals surface area contributed by atoms with Gasteiger partial charge in [-0.3, -0.25) is 9.89 Å². The van der Waals surface area contributed by atoms with Gasteiger partial charge in [-0.1, -0.05) is 44.2 Å². The van der Waals surface area contributed by atoms with E-state index >= 15 is 0 Å². The van der Waals surface area contributed by atoms with Gasteiger partial charge < -0.3 is 9.64 Å². The van der Waals surface area contributed by atoms with Crippen LogP contribution in [0.1, 0.15) is 41.5 Å². The van der Waals surface area contributed by atoms with Gasteiger partial charge in [0.25, 0.3) is 5.91 Å². The number of likely N-dealkylation sites (N-methyl/N-ethyl adjacent to an activating group) is 1. The van der Waals surface area contributed by atoms with Gasteiger partial charge in [-0.05, 0) is 24.0 Å². The summed E-state index contributed by atoms with van der Waals surface area (Å²) in [6.07, 6.45) is 0.748. The van der Waals surface area contributed by atoms with E-state index in [-0.39, 0.29) is 11.9 Å². The van der Waals surface area contributed by atoms with E-state index in [9.17, 15) is 4.79 Å². The van der Waals surface area contributed by atoms with Crippen molar-refractivity contribution < 1.29 is 9.53 Å². The molecule has 0 bridgehead atoms. The second-order valence-corrected chi connectivity index (χ2v) is 6.08. The predicted octanol–water partition coefficient (Wildman–Crippen LogP) is 2.86. The van der Waals surface area contributed by atoms with E-state index in [0.29, 0.717) is 18.2 Å². The molecule has 23 heavy (non-hydrogen) atoms. The van der Waals surface area contributed by atoms with Crippen molar-refractivity contribution in [3.63, 3.8) is 0 Å². The van der Waals surface area contributed by atoms with E-state index in [1.54, 1.807) is 19.1 Å². The van der Waals surface area contributed by atoms with Crippen molar-refractivity contribution in [2.75, 3.05) is 20.8 Å². The molecule has 2 aromatic rings. The van der Waals surface area contributed by atoms with Crippen LogP contribution in [-0.2, 0) is 11.2 Å². The molecule has 0 aliphatic heterocycles. The SMILES string of the molecule is COC[C@H](Cc1ccccc1)N(C)C(=O)c1cc(C(C)C)[nH]n1. The smallest absolute Gasteiger partial charge is 0.274 e. The molecular formula is C18H25N3O2. The molecule has 5 nitrogen and oxygen atoms in total. The first-order valence-corrected chi connectivity index (χ1v) is 7.88. The van der Waals surface area contributed by atoms with Crippen LogP contribution in [0.4, 0.5) is 0 Å². The van der Waals surface area contributed by atoms with Crippen molar-refractivity contribution in [1.82, 2.24) is 15.1 Å². The van der Waals surface area contributed by atoms with Crippen LogP contribution in [0.2, 0.25) is 0 Å². The summed E-state index contributed by atoms with van der Waals surface area (Å²) in [6.45, 7) is 4.61. The first-order chi connectivity index (χ1) is 11.0. The number of carbonyl (C=O) groups is 1. The maximum absolute atomic E-state index is 12.7. The van der Waals surface area contributed by atoms with Crippen molar-refractivity contribution in [2.24, 2.45) is 0 Å². The van der Waals surface area contributed by atoms with E-state index in [1.807, 2.05) is 24.3 Å². The largest absolute Gasteiger partial charge is 0.383 e. The molecule has 0 aliphatic carbocycles. The lowest BCUT2D eigenvalue weighted by molar-refractivity contribution is 0.0599. The number of carbonyl (C=O) groups excluding carboxylic acids is 1. The van der Waals surface area contributed by atoms with Crippen LogP contribution < -0.4 is 0 Å². The third-order valence-electron chi connectivity index (χ3n) is 3.98. The molecule has 0 unspecified atom stereocenters. The standard InChI is InChI=1S/C18H25N3O2/c1-13(2)16-11-17(20-19-16)18(22)21(3)15(12-23-4)10-14-8-6-5-7-9-14/h5-9,11,13,15H,10,12H2,1-4H3,(H,19,20)/t15-/m0/s1. The molecule has 124 valence electrons. The molecule has 0 saturated heterocycles. The van der Waals surface area contributed by atoms with Crippen LogP contribution in [0.3, 0.4) is 0 Å². The number of H-pyrrole nitrogens is 1. The Kier molecular flexibility index (Phi) is 5.93. The lowest BCUT2D eigenvalue weighted by atomic mass is 10.0. The molecular weight excluding hydrogens is 290 g/mol. The minimum absolute atomic E-state index is 0.0332. The monoisotopic (exact) mass is 315 g/mol. The number of hydrogen-bond donors (Lipinski definition) is 1. The average molecular weight is 315 g/mol. The Morgan fingerprint density at radius 3 is 2.57 bits per heavy atom. The number of aromatic nitrogens is 2. The maximum atomic E-state index is 12.7. The summed E-state index contributed by atoms with van der Waals surface area (Å²) >= 11 is 0. The van der Waals surface area contributed by atoms with E-state index in [1.165, 1.54) is 5.56 Å². The van der Waals surface area contributed by atoms with Gasteiger partial charge in [-0.2, -0.15) is 5.10 Å². The molecule has 1 aromatic carbocycles. The summed E-state index contributed by atoms with van der Waals surface area (Å²) in [5.41, 5.74) is 2.59. The topological polar surface area (TPSA) is 58.2 Å². The molecule has 1 heterocycles.